The van der Waals surface area contributed by atoms with E-state index >= 15 is 0 Å². The number of non-ortho nitro benzene ring substituents is 1. The van der Waals surface area contributed by atoms with E-state index in [9.17, 15) is 23.3 Å². The summed E-state index contributed by atoms with van der Waals surface area (Å²) in [6.07, 6.45) is 0. The Kier molecular flexibility index (Phi) is 6.55. The van der Waals surface area contributed by atoms with E-state index in [1.54, 1.807) is 48.5 Å². The number of para-hydroxylation sites is 1. The maximum Gasteiger partial charge on any atom is 0.269 e. The predicted octanol–water partition coefficient (Wildman–Crippen LogP) is 3.22. The minimum absolute atomic E-state index is 0.0349. The zero-order valence-electron chi connectivity index (χ0n) is 15.8. The molecule has 1 N–H and O–H groups in total. The number of nitrogens with zero attached hydrogens (tertiary/aromatic N) is 2. The molecule has 0 radical (unpaired) electrons. The van der Waals surface area contributed by atoms with Crippen LogP contribution >= 0.6 is 0 Å². The van der Waals surface area contributed by atoms with Gasteiger partial charge in [-0.3, -0.25) is 14.9 Å². The lowest BCUT2D eigenvalue weighted by atomic mass is 10.2. The van der Waals surface area contributed by atoms with Gasteiger partial charge in [-0.15, -0.1) is 0 Å². The first kappa shape index (κ1) is 21.2. The molecule has 0 saturated carbocycles. The van der Waals surface area contributed by atoms with Crippen molar-refractivity contribution in [2.75, 3.05) is 18.0 Å². The van der Waals surface area contributed by atoms with Crippen molar-refractivity contribution in [3.8, 4) is 0 Å². The Balaban J connectivity index is 1.74. The van der Waals surface area contributed by atoms with Crippen molar-refractivity contribution < 1.29 is 18.1 Å². The number of hydrogen-bond donors (Lipinski definition) is 1. The fourth-order valence-electron chi connectivity index (χ4n) is 2.81. The number of amides is 1. The van der Waals surface area contributed by atoms with E-state index in [0.717, 1.165) is 12.1 Å². The molecule has 30 heavy (non-hydrogen) atoms. The van der Waals surface area contributed by atoms with Crippen LogP contribution < -0.4 is 9.62 Å². The van der Waals surface area contributed by atoms with Gasteiger partial charge in [0.05, 0.1) is 9.82 Å². The Morgan fingerprint density at radius 2 is 1.47 bits per heavy atom. The third-order valence-corrected chi connectivity index (χ3v) is 5.80. The van der Waals surface area contributed by atoms with Crippen molar-refractivity contribution in [1.82, 2.24) is 4.72 Å². The highest BCUT2D eigenvalue weighted by Gasteiger charge is 2.20. The minimum Gasteiger partial charge on any atom is -0.307 e. The normalized spacial score (nSPS) is 11.1. The molecule has 8 nitrogen and oxygen atoms in total. The topological polar surface area (TPSA) is 110 Å². The Labute approximate surface area is 174 Å². The second-order valence-corrected chi connectivity index (χ2v) is 8.07. The zero-order valence-corrected chi connectivity index (χ0v) is 16.7. The molecular weight excluding hydrogens is 406 g/mol. The summed E-state index contributed by atoms with van der Waals surface area (Å²) in [7, 11) is -3.88. The van der Waals surface area contributed by atoms with Crippen molar-refractivity contribution in [2.24, 2.45) is 0 Å². The SMILES string of the molecule is O=C(c1ccccc1)N(CCNS(=O)(=O)c1ccc([N+](=O)[O-])cc1)c1ccccc1. The molecular formula is C21H19N3O5S. The summed E-state index contributed by atoms with van der Waals surface area (Å²) in [5, 5.41) is 10.7. The smallest absolute Gasteiger partial charge is 0.269 e. The van der Waals surface area contributed by atoms with Gasteiger partial charge in [-0.25, -0.2) is 13.1 Å². The molecule has 3 rings (SSSR count). The van der Waals surface area contributed by atoms with Gasteiger partial charge in [-0.1, -0.05) is 36.4 Å². The van der Waals surface area contributed by atoms with E-state index in [1.165, 1.54) is 17.0 Å². The molecule has 0 aliphatic heterocycles. The second-order valence-electron chi connectivity index (χ2n) is 6.31. The Bertz CT molecular complexity index is 1120. The maximum atomic E-state index is 13.0. The number of carbonyl (C=O) groups excluding carboxylic acids is 1. The molecule has 3 aromatic rings. The fourth-order valence-corrected chi connectivity index (χ4v) is 3.84. The third kappa shape index (κ3) is 5.07. The molecule has 0 aliphatic rings. The quantitative estimate of drug-likeness (QED) is 0.440. The molecule has 1 amide bonds. The molecule has 0 aromatic heterocycles. The molecule has 0 aliphatic carbocycles. The average molecular weight is 425 g/mol. The minimum atomic E-state index is -3.88. The molecule has 3 aromatic carbocycles. The van der Waals surface area contributed by atoms with Crippen LogP contribution in [-0.2, 0) is 10.0 Å². The van der Waals surface area contributed by atoms with E-state index < -0.39 is 14.9 Å². The van der Waals surface area contributed by atoms with E-state index in [4.69, 9.17) is 0 Å². The van der Waals surface area contributed by atoms with E-state index in [0.29, 0.717) is 11.3 Å². The van der Waals surface area contributed by atoms with Crippen LogP contribution in [-0.4, -0.2) is 32.3 Å². The van der Waals surface area contributed by atoms with Crippen molar-refractivity contribution >= 4 is 27.3 Å². The summed E-state index contributed by atoms with van der Waals surface area (Å²) in [5.41, 5.74) is 0.929. The molecule has 0 heterocycles. The van der Waals surface area contributed by atoms with E-state index in [2.05, 4.69) is 4.72 Å². The van der Waals surface area contributed by atoms with Crippen LogP contribution in [0.3, 0.4) is 0 Å². The van der Waals surface area contributed by atoms with Crippen LogP contribution in [0.15, 0.2) is 89.8 Å². The number of nitro benzene ring substituents is 1. The van der Waals surface area contributed by atoms with Crippen LogP contribution in [0.5, 0.6) is 0 Å². The summed E-state index contributed by atoms with van der Waals surface area (Å²) in [4.78, 5) is 24.5. The summed E-state index contributed by atoms with van der Waals surface area (Å²) < 4.78 is 27.4. The first-order valence-electron chi connectivity index (χ1n) is 9.04. The molecule has 154 valence electrons. The number of nitrogens with one attached hydrogen (secondary N) is 1. The van der Waals surface area contributed by atoms with Crippen molar-refractivity contribution in [1.29, 1.82) is 0 Å². The van der Waals surface area contributed by atoms with Gasteiger partial charge in [-0.2, -0.15) is 0 Å². The summed E-state index contributed by atoms with van der Waals surface area (Å²) in [5.74, 6) is -0.253. The average Bonchev–Trinajstić information content (AvgIpc) is 2.77. The van der Waals surface area contributed by atoms with Crippen LogP contribution in [0.2, 0.25) is 0 Å². The van der Waals surface area contributed by atoms with E-state index in [-0.39, 0.29) is 29.6 Å². The lowest BCUT2D eigenvalue weighted by molar-refractivity contribution is -0.384. The molecule has 0 unspecified atom stereocenters. The number of benzene rings is 3. The number of carbonyl (C=O) groups is 1. The number of sulfonamides is 1. The summed E-state index contributed by atoms with van der Waals surface area (Å²) >= 11 is 0. The fraction of sp³-hybridized carbons (Fsp3) is 0.0952. The first-order valence-corrected chi connectivity index (χ1v) is 10.5. The largest absolute Gasteiger partial charge is 0.307 e. The Morgan fingerprint density at radius 1 is 0.900 bits per heavy atom. The first-order chi connectivity index (χ1) is 14.4. The van der Waals surface area contributed by atoms with Gasteiger partial charge >= 0.3 is 0 Å². The Morgan fingerprint density at radius 3 is 2.03 bits per heavy atom. The lowest BCUT2D eigenvalue weighted by Gasteiger charge is -2.23. The molecule has 0 fully saturated rings. The van der Waals surface area contributed by atoms with E-state index in [1.807, 2.05) is 12.1 Å². The number of anilines is 1. The molecule has 0 bridgehead atoms. The Hall–Kier alpha value is -3.56. The van der Waals surface area contributed by atoms with Crippen molar-refractivity contribution in [3.05, 3.63) is 101 Å². The molecule has 0 atom stereocenters. The van der Waals surface area contributed by atoms with Crippen LogP contribution in [0.1, 0.15) is 10.4 Å². The van der Waals surface area contributed by atoms with Gasteiger partial charge in [0.15, 0.2) is 0 Å². The standard InChI is InChI=1S/C21H19N3O5S/c25-21(17-7-3-1-4-8-17)23(18-9-5-2-6-10-18)16-15-22-30(28,29)20-13-11-19(12-14-20)24(26)27/h1-14,22H,15-16H2. The van der Waals surface area contributed by atoms with Crippen LogP contribution in [0.4, 0.5) is 11.4 Å². The highest BCUT2D eigenvalue weighted by Crippen LogP contribution is 2.18. The maximum absolute atomic E-state index is 13.0. The number of rotatable bonds is 8. The van der Waals surface area contributed by atoms with Gasteiger partial charge < -0.3 is 4.90 Å². The van der Waals surface area contributed by atoms with Gasteiger partial charge in [0.2, 0.25) is 10.0 Å². The number of hydrogen-bond acceptors (Lipinski definition) is 5. The lowest BCUT2D eigenvalue weighted by Crippen LogP contribution is -2.38. The van der Waals surface area contributed by atoms with Crippen molar-refractivity contribution in [2.45, 2.75) is 4.90 Å². The monoisotopic (exact) mass is 425 g/mol. The van der Waals surface area contributed by atoms with Gasteiger partial charge in [-0.05, 0) is 36.4 Å². The number of nitro groups is 1. The van der Waals surface area contributed by atoms with Gasteiger partial charge in [0.25, 0.3) is 11.6 Å². The highest BCUT2D eigenvalue weighted by atomic mass is 32.2. The van der Waals surface area contributed by atoms with Crippen LogP contribution in [0, 0.1) is 10.1 Å². The molecule has 0 saturated heterocycles. The zero-order chi connectivity index (χ0) is 21.6. The summed E-state index contributed by atoms with van der Waals surface area (Å²) in [6.45, 7) is 0.0662. The molecule has 9 heteroatoms. The predicted molar refractivity (Wildman–Crippen MR) is 113 cm³/mol. The van der Waals surface area contributed by atoms with Crippen LogP contribution in [0.25, 0.3) is 0 Å². The van der Waals surface area contributed by atoms with Gasteiger partial charge in [0, 0.05) is 36.5 Å². The van der Waals surface area contributed by atoms with Gasteiger partial charge in [0.1, 0.15) is 0 Å². The third-order valence-electron chi connectivity index (χ3n) is 4.32. The molecule has 0 spiro atoms. The van der Waals surface area contributed by atoms with Crippen molar-refractivity contribution in [3.63, 3.8) is 0 Å². The highest BCUT2D eigenvalue weighted by molar-refractivity contribution is 7.89. The summed E-state index contributed by atoms with van der Waals surface area (Å²) in [6, 6.07) is 22.3. The second kappa shape index (κ2) is 9.29.